The van der Waals surface area contributed by atoms with Crippen molar-refractivity contribution < 1.29 is 9.16 Å². The third-order valence-corrected chi connectivity index (χ3v) is 10.0. The van der Waals surface area contributed by atoms with Gasteiger partial charge in [-0.25, -0.2) is 0 Å². The van der Waals surface area contributed by atoms with Crippen molar-refractivity contribution in [2.75, 3.05) is 0 Å². The molecule has 0 N–H and O–H groups in total. The van der Waals surface area contributed by atoms with Gasteiger partial charge in [-0.05, 0) is 50.7 Å². The number of fused-ring (bicyclic) bond motifs is 1. The van der Waals surface area contributed by atoms with Gasteiger partial charge in [0.05, 0.1) is 12.2 Å². The molecular formula is C16H30O2Si. The molecule has 0 spiro atoms. The average Bonchev–Trinajstić information content (AvgIpc) is 2.87. The first kappa shape index (κ1) is 15.3. The lowest BCUT2D eigenvalue weighted by atomic mass is 9.78. The highest BCUT2D eigenvalue weighted by Crippen LogP contribution is 2.53. The SMILES string of the molecule is C=C(C)[C@@H]1C[C@H](O[Si](C)(C)C(C)(C)C)C2(C)O[C@@H]2C1. The van der Waals surface area contributed by atoms with Crippen LogP contribution in [0, 0.1) is 5.92 Å². The number of epoxide rings is 1. The molecule has 1 aliphatic heterocycles. The van der Waals surface area contributed by atoms with Gasteiger partial charge in [0.1, 0.15) is 5.60 Å². The molecule has 2 fully saturated rings. The molecule has 1 aliphatic carbocycles. The van der Waals surface area contributed by atoms with Crippen LogP contribution in [0.2, 0.25) is 18.1 Å². The number of allylic oxidation sites excluding steroid dienone is 1. The molecule has 0 aromatic carbocycles. The molecule has 19 heavy (non-hydrogen) atoms. The minimum absolute atomic E-state index is 0.0263. The molecule has 1 saturated carbocycles. The van der Waals surface area contributed by atoms with Crippen LogP contribution in [0.5, 0.6) is 0 Å². The van der Waals surface area contributed by atoms with E-state index >= 15 is 0 Å². The summed E-state index contributed by atoms with van der Waals surface area (Å²) in [6, 6.07) is 0. The molecule has 0 aromatic heterocycles. The van der Waals surface area contributed by atoms with Gasteiger partial charge in [0.2, 0.25) is 0 Å². The molecule has 2 rings (SSSR count). The van der Waals surface area contributed by atoms with Crippen molar-refractivity contribution in [1.29, 1.82) is 0 Å². The molecule has 1 heterocycles. The van der Waals surface area contributed by atoms with Crippen LogP contribution in [0.1, 0.15) is 47.5 Å². The summed E-state index contributed by atoms with van der Waals surface area (Å²) in [5, 5.41) is 0.254. The molecule has 2 aliphatic rings. The van der Waals surface area contributed by atoms with Crippen LogP contribution >= 0.6 is 0 Å². The molecule has 3 heteroatoms. The Hall–Kier alpha value is -0.123. The van der Waals surface area contributed by atoms with E-state index in [4.69, 9.17) is 9.16 Å². The van der Waals surface area contributed by atoms with Crippen LogP contribution in [0.4, 0.5) is 0 Å². The van der Waals surface area contributed by atoms with Gasteiger partial charge >= 0.3 is 0 Å². The summed E-state index contributed by atoms with van der Waals surface area (Å²) in [4.78, 5) is 0. The van der Waals surface area contributed by atoms with E-state index in [2.05, 4.69) is 54.3 Å². The molecule has 1 unspecified atom stereocenters. The Morgan fingerprint density at radius 3 is 2.37 bits per heavy atom. The Morgan fingerprint density at radius 2 is 1.89 bits per heavy atom. The minimum atomic E-state index is -1.73. The fraction of sp³-hybridized carbons (Fsp3) is 0.875. The van der Waals surface area contributed by atoms with E-state index in [-0.39, 0.29) is 16.7 Å². The van der Waals surface area contributed by atoms with Crippen LogP contribution in [-0.2, 0) is 9.16 Å². The quantitative estimate of drug-likeness (QED) is 0.431. The van der Waals surface area contributed by atoms with Gasteiger partial charge in [0.15, 0.2) is 8.32 Å². The van der Waals surface area contributed by atoms with Gasteiger partial charge in [0, 0.05) is 0 Å². The predicted octanol–water partition coefficient (Wildman–Crippen LogP) is 4.52. The van der Waals surface area contributed by atoms with Crippen molar-refractivity contribution >= 4 is 8.32 Å². The van der Waals surface area contributed by atoms with E-state index in [0.29, 0.717) is 12.0 Å². The third kappa shape index (κ3) is 2.70. The fourth-order valence-corrected chi connectivity index (χ4v) is 4.18. The number of hydrogen-bond acceptors (Lipinski definition) is 2. The van der Waals surface area contributed by atoms with Crippen molar-refractivity contribution in [2.45, 2.75) is 83.4 Å². The van der Waals surface area contributed by atoms with Crippen molar-refractivity contribution in [1.82, 2.24) is 0 Å². The Kier molecular flexibility index (Phi) is 3.57. The standard InChI is InChI=1S/C16H30O2Si/c1-11(2)12-9-13-16(6,17-13)14(10-12)18-19(7,8)15(3,4)5/h12-14H,1,9-10H2,2-8H3/t12-,13+,14-,16?/m0/s1. The number of ether oxygens (including phenoxy) is 1. The molecule has 4 atom stereocenters. The lowest BCUT2D eigenvalue weighted by Gasteiger charge is -2.42. The van der Waals surface area contributed by atoms with Crippen LogP contribution < -0.4 is 0 Å². The molecule has 0 amide bonds. The molecule has 2 nitrogen and oxygen atoms in total. The second-order valence-electron chi connectivity index (χ2n) is 8.17. The van der Waals surface area contributed by atoms with E-state index in [1.807, 2.05) is 0 Å². The first-order valence-electron chi connectivity index (χ1n) is 7.48. The number of rotatable bonds is 3. The lowest BCUT2D eigenvalue weighted by molar-refractivity contribution is 0.0732. The van der Waals surface area contributed by atoms with Gasteiger partial charge in [0.25, 0.3) is 0 Å². The van der Waals surface area contributed by atoms with Crippen molar-refractivity contribution in [2.24, 2.45) is 5.92 Å². The van der Waals surface area contributed by atoms with Crippen LogP contribution in [0.25, 0.3) is 0 Å². The van der Waals surface area contributed by atoms with Gasteiger partial charge in [-0.2, -0.15) is 0 Å². The van der Waals surface area contributed by atoms with E-state index in [0.717, 1.165) is 12.8 Å². The zero-order chi connectivity index (χ0) is 14.6. The maximum absolute atomic E-state index is 6.65. The largest absolute Gasteiger partial charge is 0.411 e. The highest BCUT2D eigenvalue weighted by atomic mass is 28.4. The molecule has 110 valence electrons. The Balaban J connectivity index is 2.12. The van der Waals surface area contributed by atoms with E-state index < -0.39 is 8.32 Å². The van der Waals surface area contributed by atoms with Gasteiger partial charge in [-0.1, -0.05) is 32.9 Å². The zero-order valence-corrected chi connectivity index (χ0v) is 14.7. The molecule has 1 saturated heterocycles. The van der Waals surface area contributed by atoms with Crippen molar-refractivity contribution in [3.05, 3.63) is 12.2 Å². The highest BCUT2D eigenvalue weighted by molar-refractivity contribution is 6.74. The smallest absolute Gasteiger partial charge is 0.192 e. The molecule has 0 aromatic rings. The maximum Gasteiger partial charge on any atom is 0.192 e. The monoisotopic (exact) mass is 282 g/mol. The van der Waals surface area contributed by atoms with Gasteiger partial charge in [-0.3, -0.25) is 0 Å². The van der Waals surface area contributed by atoms with E-state index in [1.54, 1.807) is 0 Å². The summed E-state index contributed by atoms with van der Waals surface area (Å²) in [7, 11) is -1.73. The lowest BCUT2D eigenvalue weighted by Crippen LogP contribution is -2.50. The second-order valence-corrected chi connectivity index (χ2v) is 12.9. The highest BCUT2D eigenvalue weighted by Gasteiger charge is 2.63. The Morgan fingerprint density at radius 1 is 1.32 bits per heavy atom. The Labute approximate surface area is 119 Å². The van der Waals surface area contributed by atoms with Gasteiger partial charge in [-0.15, -0.1) is 0 Å². The van der Waals surface area contributed by atoms with Gasteiger partial charge < -0.3 is 9.16 Å². The van der Waals surface area contributed by atoms with Crippen LogP contribution in [-0.4, -0.2) is 26.1 Å². The summed E-state index contributed by atoms with van der Waals surface area (Å²) in [5.41, 5.74) is 1.25. The zero-order valence-electron chi connectivity index (χ0n) is 13.7. The molecule has 0 bridgehead atoms. The minimum Gasteiger partial charge on any atom is -0.411 e. The van der Waals surface area contributed by atoms with E-state index in [1.165, 1.54) is 5.57 Å². The topological polar surface area (TPSA) is 21.8 Å². The second kappa shape index (κ2) is 4.44. The predicted molar refractivity (Wildman–Crippen MR) is 82.9 cm³/mol. The van der Waals surface area contributed by atoms with Crippen LogP contribution in [0.3, 0.4) is 0 Å². The van der Waals surface area contributed by atoms with E-state index in [9.17, 15) is 0 Å². The van der Waals surface area contributed by atoms with Crippen molar-refractivity contribution in [3.63, 3.8) is 0 Å². The third-order valence-electron chi connectivity index (χ3n) is 5.55. The first-order chi connectivity index (χ1) is 8.47. The average molecular weight is 282 g/mol. The van der Waals surface area contributed by atoms with Crippen molar-refractivity contribution in [3.8, 4) is 0 Å². The maximum atomic E-state index is 6.65. The fourth-order valence-electron chi connectivity index (χ4n) is 2.78. The Bertz CT molecular complexity index is 383. The first-order valence-corrected chi connectivity index (χ1v) is 10.4. The normalized spacial score (nSPS) is 38.8. The summed E-state index contributed by atoms with van der Waals surface area (Å²) in [6.07, 6.45) is 2.84. The summed E-state index contributed by atoms with van der Waals surface area (Å²) >= 11 is 0. The molecular weight excluding hydrogens is 252 g/mol. The summed E-state index contributed by atoms with van der Waals surface area (Å²) in [6.45, 7) is 20.1. The number of hydrogen-bond donors (Lipinski definition) is 0. The molecule has 0 radical (unpaired) electrons. The van der Waals surface area contributed by atoms with Crippen LogP contribution in [0.15, 0.2) is 12.2 Å². The summed E-state index contributed by atoms with van der Waals surface area (Å²) < 4.78 is 12.6. The summed E-state index contributed by atoms with van der Waals surface area (Å²) in [5.74, 6) is 0.565.